The van der Waals surface area contributed by atoms with Gasteiger partial charge in [0.2, 0.25) is 0 Å². The molecule has 1 unspecified atom stereocenters. The number of nitrogens with zero attached hydrogens (tertiary/aromatic N) is 2. The summed E-state index contributed by atoms with van der Waals surface area (Å²) < 4.78 is 5.65. The first-order chi connectivity index (χ1) is 13.1. The van der Waals surface area contributed by atoms with E-state index in [2.05, 4.69) is 22.0 Å². The molecule has 1 aliphatic heterocycles. The first kappa shape index (κ1) is 18.0. The molecule has 4 rings (SSSR count). The van der Waals surface area contributed by atoms with Gasteiger partial charge in [-0.2, -0.15) is 0 Å². The summed E-state index contributed by atoms with van der Waals surface area (Å²) in [6.45, 7) is 3.01. The number of pyridine rings is 1. The number of carboxylic acid groups (broad SMARTS) is 1. The van der Waals surface area contributed by atoms with Gasteiger partial charge in [-0.1, -0.05) is 6.07 Å². The normalized spacial score (nSPS) is 19.2. The zero-order chi connectivity index (χ0) is 18.8. The molecule has 0 bridgehead atoms. The van der Waals surface area contributed by atoms with Crippen LogP contribution in [-0.2, 0) is 25.8 Å². The molecule has 2 aliphatic rings. The van der Waals surface area contributed by atoms with Gasteiger partial charge in [-0.05, 0) is 73.4 Å². The number of fused-ring (bicyclic) bond motifs is 1. The molecule has 142 valence electrons. The molecule has 1 fully saturated rings. The summed E-state index contributed by atoms with van der Waals surface area (Å²) in [4.78, 5) is 17.7. The van der Waals surface area contributed by atoms with Crippen LogP contribution in [0.5, 0.6) is 5.75 Å². The number of benzene rings is 1. The van der Waals surface area contributed by atoms with Gasteiger partial charge in [0.25, 0.3) is 0 Å². The highest BCUT2D eigenvalue weighted by Gasteiger charge is 2.25. The Balaban J connectivity index is 1.40. The fourth-order valence-electron chi connectivity index (χ4n) is 4.48. The van der Waals surface area contributed by atoms with E-state index in [1.165, 1.54) is 42.1 Å². The van der Waals surface area contributed by atoms with Gasteiger partial charge in [-0.3, -0.25) is 9.88 Å². The summed E-state index contributed by atoms with van der Waals surface area (Å²) in [5.74, 6) is 0.634. The Labute approximate surface area is 160 Å². The molecule has 2 aromatic rings. The Morgan fingerprint density at radius 2 is 2.07 bits per heavy atom. The summed E-state index contributed by atoms with van der Waals surface area (Å²) in [5, 5.41) is 9.13. The van der Waals surface area contributed by atoms with E-state index in [0.29, 0.717) is 5.92 Å². The first-order valence-electron chi connectivity index (χ1n) is 9.70. The topological polar surface area (TPSA) is 62.7 Å². The fourth-order valence-corrected chi connectivity index (χ4v) is 4.48. The lowest BCUT2D eigenvalue weighted by atomic mass is 9.99. The molecule has 1 aliphatic carbocycles. The second-order valence-corrected chi connectivity index (χ2v) is 7.77. The number of likely N-dealkylation sites (tertiary alicyclic amines) is 1. The second-order valence-electron chi connectivity index (χ2n) is 7.77. The minimum absolute atomic E-state index is 0.269. The number of aromatic carboxylic acids is 1. The fraction of sp³-hybridized carbons (Fsp3) is 0.455. The molecule has 5 heteroatoms. The lowest BCUT2D eigenvalue weighted by molar-refractivity contribution is 0.0696. The molecule has 0 radical (unpaired) electrons. The quantitative estimate of drug-likeness (QED) is 0.849. The number of hydrogen-bond acceptors (Lipinski definition) is 4. The van der Waals surface area contributed by atoms with Crippen molar-refractivity contribution in [1.29, 1.82) is 0 Å². The van der Waals surface area contributed by atoms with Crippen LogP contribution in [0.15, 0.2) is 30.6 Å². The maximum absolute atomic E-state index is 11.1. The molecule has 1 atom stereocenters. The van der Waals surface area contributed by atoms with Gasteiger partial charge >= 0.3 is 5.97 Å². The minimum Gasteiger partial charge on any atom is -0.496 e. The van der Waals surface area contributed by atoms with Gasteiger partial charge in [0.05, 0.1) is 12.7 Å². The number of rotatable bonds is 6. The highest BCUT2D eigenvalue weighted by atomic mass is 16.5. The summed E-state index contributed by atoms with van der Waals surface area (Å²) in [6.07, 6.45) is 8.81. The van der Waals surface area contributed by atoms with Crippen molar-refractivity contribution in [3.8, 4) is 5.75 Å². The van der Waals surface area contributed by atoms with Gasteiger partial charge in [0.1, 0.15) is 5.75 Å². The third-order valence-corrected chi connectivity index (χ3v) is 5.83. The van der Waals surface area contributed by atoms with Gasteiger partial charge in [0.15, 0.2) is 0 Å². The summed E-state index contributed by atoms with van der Waals surface area (Å²) in [5.41, 5.74) is 5.49. The van der Waals surface area contributed by atoms with Crippen LogP contribution >= 0.6 is 0 Å². The van der Waals surface area contributed by atoms with E-state index in [1.807, 2.05) is 0 Å². The Kier molecular flexibility index (Phi) is 5.12. The van der Waals surface area contributed by atoms with Crippen LogP contribution in [0.25, 0.3) is 0 Å². The van der Waals surface area contributed by atoms with Gasteiger partial charge in [-0.15, -0.1) is 0 Å². The van der Waals surface area contributed by atoms with Crippen molar-refractivity contribution in [3.63, 3.8) is 0 Å². The van der Waals surface area contributed by atoms with E-state index in [0.717, 1.165) is 43.8 Å². The standard InChI is InChI=1S/C22H26N2O3/c1-27-21-10-18-4-2-3-17(18)9-20(21)14-24-6-5-15(13-24)7-16-8-19(22(25)26)12-23-11-16/h8-12,15H,2-7,13-14H2,1H3,(H,25,26). The molecular formula is C22H26N2O3. The number of hydrogen-bond donors (Lipinski definition) is 1. The van der Waals surface area contributed by atoms with Crippen LogP contribution in [-0.4, -0.2) is 41.2 Å². The van der Waals surface area contributed by atoms with Gasteiger partial charge in [-0.25, -0.2) is 4.79 Å². The zero-order valence-electron chi connectivity index (χ0n) is 15.8. The zero-order valence-corrected chi connectivity index (χ0v) is 15.8. The van der Waals surface area contributed by atoms with Crippen molar-refractivity contribution < 1.29 is 14.6 Å². The van der Waals surface area contributed by atoms with Crippen LogP contribution in [0.2, 0.25) is 0 Å². The van der Waals surface area contributed by atoms with Gasteiger partial charge in [0, 0.05) is 31.0 Å². The molecule has 1 saturated heterocycles. The van der Waals surface area contributed by atoms with Gasteiger partial charge < -0.3 is 9.84 Å². The molecule has 1 aromatic heterocycles. The molecule has 27 heavy (non-hydrogen) atoms. The number of carbonyl (C=O) groups is 1. The van der Waals surface area contributed by atoms with Crippen molar-refractivity contribution in [2.45, 2.75) is 38.6 Å². The SMILES string of the molecule is COc1cc2c(cc1CN1CCC(Cc3cncc(C(=O)O)c3)C1)CCC2. The third kappa shape index (κ3) is 3.98. The average Bonchev–Trinajstić information content (AvgIpc) is 3.30. The van der Waals surface area contributed by atoms with Crippen molar-refractivity contribution in [2.24, 2.45) is 5.92 Å². The first-order valence-corrected chi connectivity index (χ1v) is 9.70. The molecular weight excluding hydrogens is 340 g/mol. The van der Waals surface area contributed by atoms with Crippen molar-refractivity contribution in [1.82, 2.24) is 9.88 Å². The number of carboxylic acids is 1. The lowest BCUT2D eigenvalue weighted by Crippen LogP contribution is -2.21. The van der Waals surface area contributed by atoms with E-state index in [4.69, 9.17) is 9.84 Å². The number of aryl methyl sites for hydroxylation is 2. The van der Waals surface area contributed by atoms with Crippen LogP contribution < -0.4 is 4.74 Å². The largest absolute Gasteiger partial charge is 0.496 e. The molecule has 5 nitrogen and oxygen atoms in total. The minimum atomic E-state index is -0.916. The molecule has 0 spiro atoms. The average molecular weight is 366 g/mol. The third-order valence-electron chi connectivity index (χ3n) is 5.83. The molecule has 0 saturated carbocycles. The van der Waals surface area contributed by atoms with E-state index in [1.54, 1.807) is 19.4 Å². The monoisotopic (exact) mass is 366 g/mol. The Bertz CT molecular complexity index is 849. The Morgan fingerprint density at radius 3 is 2.85 bits per heavy atom. The van der Waals surface area contributed by atoms with E-state index in [9.17, 15) is 4.79 Å². The summed E-state index contributed by atoms with van der Waals surface area (Å²) in [6, 6.07) is 6.32. The van der Waals surface area contributed by atoms with Crippen molar-refractivity contribution >= 4 is 5.97 Å². The molecule has 1 aromatic carbocycles. The number of aromatic nitrogens is 1. The predicted molar refractivity (Wildman–Crippen MR) is 103 cm³/mol. The summed E-state index contributed by atoms with van der Waals surface area (Å²) in [7, 11) is 1.76. The van der Waals surface area contributed by atoms with E-state index in [-0.39, 0.29) is 5.56 Å². The predicted octanol–water partition coefficient (Wildman–Crippen LogP) is 3.34. The maximum Gasteiger partial charge on any atom is 0.337 e. The lowest BCUT2D eigenvalue weighted by Gasteiger charge is -2.19. The van der Waals surface area contributed by atoms with Crippen LogP contribution in [0.3, 0.4) is 0 Å². The Morgan fingerprint density at radius 1 is 1.26 bits per heavy atom. The van der Waals surface area contributed by atoms with E-state index >= 15 is 0 Å². The van der Waals surface area contributed by atoms with Crippen LogP contribution in [0.4, 0.5) is 0 Å². The Hall–Kier alpha value is -2.40. The second kappa shape index (κ2) is 7.69. The van der Waals surface area contributed by atoms with Crippen LogP contribution in [0, 0.1) is 5.92 Å². The summed E-state index contributed by atoms with van der Waals surface area (Å²) >= 11 is 0. The number of methoxy groups -OCH3 is 1. The molecule has 2 heterocycles. The van der Waals surface area contributed by atoms with Crippen molar-refractivity contribution in [2.75, 3.05) is 20.2 Å². The smallest absolute Gasteiger partial charge is 0.337 e. The van der Waals surface area contributed by atoms with Crippen LogP contribution in [0.1, 0.15) is 45.5 Å². The maximum atomic E-state index is 11.1. The molecule has 0 amide bonds. The molecule has 1 N–H and O–H groups in total. The van der Waals surface area contributed by atoms with Crippen molar-refractivity contribution in [3.05, 3.63) is 58.4 Å². The highest BCUT2D eigenvalue weighted by Crippen LogP contribution is 2.32. The highest BCUT2D eigenvalue weighted by molar-refractivity contribution is 5.87. The number of ether oxygens (including phenoxy) is 1. The van der Waals surface area contributed by atoms with E-state index < -0.39 is 5.97 Å².